The van der Waals surface area contributed by atoms with Crippen molar-refractivity contribution in [3.8, 4) is 0 Å². The van der Waals surface area contributed by atoms with Crippen LogP contribution in [0.15, 0.2) is 0 Å². The minimum Gasteiger partial charge on any atom is -0.379 e. The van der Waals surface area contributed by atoms with Gasteiger partial charge in [-0.05, 0) is 5.92 Å². The third-order valence-corrected chi connectivity index (χ3v) is 5.85. The second kappa shape index (κ2) is 39.3. The number of hydrogen-bond acceptors (Lipinski definition) is 12. The van der Waals surface area contributed by atoms with Gasteiger partial charge < -0.3 is 56.8 Å². The van der Waals surface area contributed by atoms with Gasteiger partial charge in [0.25, 0.3) is 0 Å². The van der Waals surface area contributed by atoms with E-state index in [2.05, 4.69) is 36.4 Å². The molecule has 0 aliphatic heterocycles. The van der Waals surface area contributed by atoms with Crippen molar-refractivity contribution < 1.29 is 56.8 Å². The van der Waals surface area contributed by atoms with Gasteiger partial charge in [-0.25, -0.2) is 0 Å². The average molecular weight is 727 g/mol. The summed E-state index contributed by atoms with van der Waals surface area (Å²) in [5, 5.41) is 0. The van der Waals surface area contributed by atoms with E-state index in [1.165, 1.54) is 0 Å². The van der Waals surface area contributed by atoms with Crippen molar-refractivity contribution in [2.75, 3.05) is 163 Å². The fourth-order valence-electron chi connectivity index (χ4n) is 2.88. The zero-order valence-corrected chi connectivity index (χ0v) is 28.4. The molecule has 0 bridgehead atoms. The fraction of sp³-hybridized carbons (Fsp3) is 1.00. The smallest absolute Gasteiger partial charge is 0.0701 e. The van der Waals surface area contributed by atoms with Gasteiger partial charge in [-0.2, -0.15) is 0 Å². The maximum Gasteiger partial charge on any atom is 0.0701 e. The molecule has 0 heterocycles. The topological polar surface area (TPSA) is 111 Å². The lowest BCUT2D eigenvalue weighted by Crippen LogP contribution is -2.15. The highest BCUT2D eigenvalue weighted by atomic mass is 127. The molecule has 12 nitrogen and oxygen atoms in total. The van der Waals surface area contributed by atoms with Gasteiger partial charge in [0.15, 0.2) is 0 Å². The summed E-state index contributed by atoms with van der Waals surface area (Å²) in [6.07, 6.45) is 1.13. The molecule has 0 aromatic rings. The van der Waals surface area contributed by atoms with Crippen molar-refractivity contribution in [3.63, 3.8) is 0 Å². The van der Waals surface area contributed by atoms with Crippen LogP contribution in [-0.2, 0) is 56.8 Å². The van der Waals surface area contributed by atoms with Gasteiger partial charge in [0, 0.05) is 11.0 Å². The Hall–Kier alpha value is 0.250. The van der Waals surface area contributed by atoms with E-state index in [9.17, 15) is 0 Å². The summed E-state index contributed by atoms with van der Waals surface area (Å²) in [4.78, 5) is 0. The van der Waals surface area contributed by atoms with E-state index in [4.69, 9.17) is 56.8 Å². The number of halogens is 1. The van der Waals surface area contributed by atoms with Crippen LogP contribution >= 0.6 is 22.6 Å². The molecule has 0 saturated carbocycles. The molecule has 0 saturated heterocycles. The third kappa shape index (κ3) is 38.3. The number of ether oxygens (including phenoxy) is 12. The molecule has 0 N–H and O–H groups in total. The molecule has 1 unspecified atom stereocenters. The van der Waals surface area contributed by atoms with Gasteiger partial charge in [0.05, 0.1) is 152 Å². The lowest BCUT2D eigenvalue weighted by Gasteiger charge is -2.10. The molecule has 0 aliphatic rings. The molecule has 1 atom stereocenters. The van der Waals surface area contributed by atoms with Crippen molar-refractivity contribution in [1.29, 1.82) is 0 Å². The fourth-order valence-corrected chi connectivity index (χ4v) is 3.19. The SMILES string of the molecule is CCC(C)COCCOCCOCCOCCOCCOCCOCCOCCOCCOCCOCCOCCI. The summed E-state index contributed by atoms with van der Waals surface area (Å²) in [6, 6.07) is 0. The molecule has 0 aliphatic carbocycles. The summed E-state index contributed by atoms with van der Waals surface area (Å²) >= 11 is 2.28. The molecule has 0 radical (unpaired) electrons. The molecule has 0 amide bonds. The highest BCUT2D eigenvalue weighted by Crippen LogP contribution is 2.00. The van der Waals surface area contributed by atoms with E-state index in [-0.39, 0.29) is 0 Å². The Morgan fingerprint density at radius 1 is 0.333 bits per heavy atom. The first-order valence-corrected chi connectivity index (χ1v) is 16.8. The highest BCUT2D eigenvalue weighted by molar-refractivity contribution is 14.1. The molecular weight excluding hydrogens is 667 g/mol. The second-order valence-corrected chi connectivity index (χ2v) is 10.1. The van der Waals surface area contributed by atoms with Gasteiger partial charge >= 0.3 is 0 Å². The normalized spacial score (nSPS) is 12.4. The van der Waals surface area contributed by atoms with Gasteiger partial charge in [0.1, 0.15) is 0 Å². The van der Waals surface area contributed by atoms with E-state index >= 15 is 0 Å². The van der Waals surface area contributed by atoms with Gasteiger partial charge in [0.2, 0.25) is 0 Å². The van der Waals surface area contributed by atoms with Crippen molar-refractivity contribution in [2.24, 2.45) is 5.92 Å². The van der Waals surface area contributed by atoms with Gasteiger partial charge in [-0.15, -0.1) is 0 Å². The zero-order valence-electron chi connectivity index (χ0n) is 26.2. The Labute approximate surface area is 268 Å². The Kier molecular flexibility index (Phi) is 39.5. The van der Waals surface area contributed by atoms with E-state index in [0.717, 1.165) is 24.1 Å². The molecule has 0 spiro atoms. The lowest BCUT2D eigenvalue weighted by atomic mass is 10.1. The summed E-state index contributed by atoms with van der Waals surface area (Å²) < 4.78 is 66.5. The first kappa shape index (κ1) is 42.2. The molecular formula is C29H59IO12. The van der Waals surface area contributed by atoms with Crippen LogP contribution in [0.25, 0.3) is 0 Å². The standard InChI is InChI=1S/C29H59IO12/c1-3-29(2)28-42-27-26-41-25-24-40-23-22-39-21-20-38-19-18-37-17-16-36-15-14-35-13-12-34-11-10-33-9-8-32-7-6-31-5-4-30/h29H,3-28H2,1-2H3. The maximum atomic E-state index is 5.53. The first-order chi connectivity index (χ1) is 20.8. The van der Waals surface area contributed by atoms with Crippen LogP contribution in [0.1, 0.15) is 20.3 Å². The van der Waals surface area contributed by atoms with Crippen molar-refractivity contribution in [1.82, 2.24) is 0 Å². The quantitative estimate of drug-likeness (QED) is 0.0531. The predicted molar refractivity (Wildman–Crippen MR) is 168 cm³/mol. The van der Waals surface area contributed by atoms with Gasteiger partial charge in [-0.1, -0.05) is 42.9 Å². The predicted octanol–water partition coefficient (Wildman–Crippen LogP) is 2.67. The van der Waals surface area contributed by atoms with Crippen LogP contribution in [0.4, 0.5) is 0 Å². The van der Waals surface area contributed by atoms with E-state index in [1.807, 2.05) is 0 Å². The maximum absolute atomic E-state index is 5.53. The Bertz CT molecular complexity index is 482. The Balaban J connectivity index is 3.04. The average Bonchev–Trinajstić information content (AvgIpc) is 3.00. The number of rotatable bonds is 38. The van der Waals surface area contributed by atoms with Crippen LogP contribution in [0.2, 0.25) is 0 Å². The minimum absolute atomic E-state index is 0.520. The van der Waals surface area contributed by atoms with E-state index < -0.39 is 0 Å². The zero-order chi connectivity index (χ0) is 30.4. The van der Waals surface area contributed by atoms with Gasteiger partial charge in [-0.3, -0.25) is 0 Å². The highest BCUT2D eigenvalue weighted by Gasteiger charge is 1.99. The van der Waals surface area contributed by atoms with E-state index in [1.54, 1.807) is 0 Å². The lowest BCUT2D eigenvalue weighted by molar-refractivity contribution is -0.0285. The summed E-state index contributed by atoms with van der Waals surface area (Å²) in [5.41, 5.74) is 0. The van der Waals surface area contributed by atoms with Crippen LogP contribution < -0.4 is 0 Å². The third-order valence-electron chi connectivity index (χ3n) is 5.41. The minimum atomic E-state index is 0.520. The summed E-state index contributed by atoms with van der Waals surface area (Å²) in [6.45, 7) is 18.0. The van der Waals surface area contributed by atoms with Crippen molar-refractivity contribution >= 4 is 22.6 Å². The van der Waals surface area contributed by atoms with Crippen LogP contribution in [0, 0.1) is 5.92 Å². The summed E-state index contributed by atoms with van der Waals surface area (Å²) in [7, 11) is 0. The van der Waals surface area contributed by atoms with E-state index in [0.29, 0.717) is 151 Å². The number of hydrogen-bond donors (Lipinski definition) is 0. The largest absolute Gasteiger partial charge is 0.379 e. The summed E-state index contributed by atoms with van der Waals surface area (Å²) in [5.74, 6) is 0.599. The molecule has 0 aromatic heterocycles. The molecule has 0 rings (SSSR count). The van der Waals surface area contributed by atoms with Crippen molar-refractivity contribution in [2.45, 2.75) is 20.3 Å². The second-order valence-electron chi connectivity index (χ2n) is 9.01. The molecule has 13 heteroatoms. The molecule has 254 valence electrons. The molecule has 42 heavy (non-hydrogen) atoms. The first-order valence-electron chi connectivity index (χ1n) is 15.3. The number of alkyl halides is 1. The van der Waals surface area contributed by atoms with Crippen LogP contribution in [-0.4, -0.2) is 163 Å². The van der Waals surface area contributed by atoms with Crippen LogP contribution in [0.5, 0.6) is 0 Å². The Morgan fingerprint density at radius 3 is 0.714 bits per heavy atom. The van der Waals surface area contributed by atoms with Crippen molar-refractivity contribution in [3.05, 3.63) is 0 Å². The monoisotopic (exact) mass is 726 g/mol. The van der Waals surface area contributed by atoms with Crippen LogP contribution in [0.3, 0.4) is 0 Å². The molecule has 0 fully saturated rings. The Morgan fingerprint density at radius 2 is 0.524 bits per heavy atom. The molecule has 0 aromatic carbocycles.